The average Bonchev–Trinajstić information content (AvgIpc) is 2.47. The monoisotopic (exact) mass is 177 g/mol. The molecule has 1 heterocycles. The van der Waals surface area contributed by atoms with Gasteiger partial charge in [-0.1, -0.05) is 4.85 Å². The number of carbonyl (C=O) groups excluding carboxylic acids is 1. The minimum absolute atomic E-state index is 0.0527. The highest BCUT2D eigenvalue weighted by atomic mass is 16.5. The predicted octanol–water partition coefficient (Wildman–Crippen LogP) is 0.871. The fourth-order valence-corrected chi connectivity index (χ4v) is 1.13. The van der Waals surface area contributed by atoms with Gasteiger partial charge in [-0.15, -0.1) is 5.10 Å². The first kappa shape index (κ1) is 7.72. The molecule has 13 heavy (non-hydrogen) atoms. The van der Waals surface area contributed by atoms with Gasteiger partial charge >= 0.3 is 0 Å². The van der Waals surface area contributed by atoms with E-state index in [0.717, 1.165) is 0 Å². The van der Waals surface area contributed by atoms with Crippen molar-refractivity contribution in [3.63, 3.8) is 0 Å². The Labute approximate surface area is 73.5 Å². The van der Waals surface area contributed by atoms with Gasteiger partial charge in [0.25, 0.3) is 0 Å². The van der Waals surface area contributed by atoms with Crippen molar-refractivity contribution in [2.75, 3.05) is 0 Å². The van der Waals surface area contributed by atoms with Gasteiger partial charge < -0.3 is 5.21 Å². The number of fused-ring (bicyclic) bond motifs is 1. The van der Waals surface area contributed by atoms with Gasteiger partial charge in [0.1, 0.15) is 11.0 Å². The van der Waals surface area contributed by atoms with Gasteiger partial charge in [-0.05, 0) is 30.3 Å². The quantitative estimate of drug-likeness (QED) is 0.518. The maximum atomic E-state index is 11.0. The number of hydrogen-bond donors (Lipinski definition) is 1. The van der Waals surface area contributed by atoms with E-state index in [9.17, 15) is 4.79 Å². The van der Waals surface area contributed by atoms with Crippen molar-refractivity contribution in [1.29, 1.82) is 0 Å². The molecule has 0 saturated carbocycles. The van der Waals surface area contributed by atoms with Crippen molar-refractivity contribution in [2.24, 2.45) is 0 Å². The second-order valence-electron chi connectivity index (χ2n) is 2.74. The summed E-state index contributed by atoms with van der Waals surface area (Å²) in [6, 6.07) is 4.85. The molecule has 0 radical (unpaired) electrons. The number of ketones is 1. The maximum Gasteiger partial charge on any atom is 0.159 e. The number of Topliss-reactive ketones (excluding diaryl/α,β-unsaturated/α-hetero) is 1. The van der Waals surface area contributed by atoms with E-state index < -0.39 is 0 Å². The Balaban J connectivity index is 2.72. The molecule has 66 valence electrons. The molecule has 5 nitrogen and oxygen atoms in total. The first-order valence-corrected chi connectivity index (χ1v) is 3.74. The number of rotatable bonds is 1. The maximum absolute atomic E-state index is 11.0. The summed E-state index contributed by atoms with van der Waals surface area (Å²) in [5, 5.41) is 16.2. The molecule has 0 aliphatic heterocycles. The van der Waals surface area contributed by atoms with Crippen LogP contribution >= 0.6 is 0 Å². The second kappa shape index (κ2) is 2.55. The van der Waals surface area contributed by atoms with Crippen molar-refractivity contribution in [2.45, 2.75) is 6.92 Å². The molecule has 0 atom stereocenters. The lowest BCUT2D eigenvalue weighted by molar-refractivity contribution is 0.101. The third-order valence-electron chi connectivity index (χ3n) is 1.83. The van der Waals surface area contributed by atoms with E-state index in [1.807, 2.05) is 0 Å². The zero-order chi connectivity index (χ0) is 9.42. The predicted molar refractivity (Wildman–Crippen MR) is 44.7 cm³/mol. The zero-order valence-electron chi connectivity index (χ0n) is 6.93. The molecule has 0 amide bonds. The molecule has 0 unspecified atom stereocenters. The Morgan fingerprint density at radius 2 is 2.31 bits per heavy atom. The molecular weight excluding hydrogens is 170 g/mol. The smallest absolute Gasteiger partial charge is 0.159 e. The lowest BCUT2D eigenvalue weighted by Crippen LogP contribution is -1.94. The lowest BCUT2D eigenvalue weighted by atomic mass is 10.1. The van der Waals surface area contributed by atoms with Crippen LogP contribution in [0, 0.1) is 0 Å². The largest absolute Gasteiger partial charge is 0.410 e. The highest BCUT2D eigenvalue weighted by Crippen LogP contribution is 2.12. The van der Waals surface area contributed by atoms with Gasteiger partial charge in [0.2, 0.25) is 0 Å². The fraction of sp³-hybridized carbons (Fsp3) is 0.125. The molecule has 0 bridgehead atoms. The molecule has 0 saturated heterocycles. The van der Waals surface area contributed by atoms with Crippen LogP contribution in [0.1, 0.15) is 17.3 Å². The molecule has 0 aliphatic carbocycles. The number of aromatic nitrogens is 3. The van der Waals surface area contributed by atoms with Gasteiger partial charge in [-0.25, -0.2) is 0 Å². The molecule has 2 rings (SSSR count). The van der Waals surface area contributed by atoms with Crippen LogP contribution in [-0.4, -0.2) is 26.1 Å². The van der Waals surface area contributed by atoms with Gasteiger partial charge in [0.05, 0.1) is 0 Å². The summed E-state index contributed by atoms with van der Waals surface area (Å²) in [5.41, 5.74) is 1.53. The Morgan fingerprint density at radius 3 is 3.00 bits per heavy atom. The van der Waals surface area contributed by atoms with Gasteiger partial charge in [0, 0.05) is 5.56 Å². The molecule has 1 aromatic heterocycles. The van der Waals surface area contributed by atoms with Gasteiger partial charge in [-0.2, -0.15) is 0 Å². The molecule has 0 spiro atoms. The summed E-state index contributed by atoms with van der Waals surface area (Å²) < 4.78 is 0. The molecule has 5 heteroatoms. The van der Waals surface area contributed by atoms with Crippen molar-refractivity contribution in [3.05, 3.63) is 23.8 Å². The van der Waals surface area contributed by atoms with Crippen LogP contribution in [0.15, 0.2) is 18.2 Å². The van der Waals surface area contributed by atoms with E-state index in [0.29, 0.717) is 21.4 Å². The van der Waals surface area contributed by atoms with E-state index in [1.165, 1.54) is 6.92 Å². The van der Waals surface area contributed by atoms with Crippen LogP contribution in [0.4, 0.5) is 0 Å². The van der Waals surface area contributed by atoms with Crippen molar-refractivity contribution >= 4 is 16.8 Å². The molecule has 1 N–H and O–H groups in total. The standard InChI is InChI=1S/C8H7N3O2/c1-5(12)6-2-3-7-8(4-6)11(13)10-9-7/h2-4,13H,1H3. The van der Waals surface area contributed by atoms with Crippen molar-refractivity contribution in [1.82, 2.24) is 15.2 Å². The van der Waals surface area contributed by atoms with E-state index >= 15 is 0 Å². The molecule has 0 fully saturated rings. The van der Waals surface area contributed by atoms with E-state index in [4.69, 9.17) is 5.21 Å². The lowest BCUT2D eigenvalue weighted by Gasteiger charge is -1.94. The summed E-state index contributed by atoms with van der Waals surface area (Å²) in [6.45, 7) is 1.46. The summed E-state index contributed by atoms with van der Waals surface area (Å²) in [6.07, 6.45) is 0. The van der Waals surface area contributed by atoms with Gasteiger partial charge in [-0.3, -0.25) is 4.79 Å². The average molecular weight is 177 g/mol. The van der Waals surface area contributed by atoms with E-state index in [-0.39, 0.29) is 5.78 Å². The second-order valence-corrected chi connectivity index (χ2v) is 2.74. The Kier molecular flexibility index (Phi) is 1.51. The minimum Gasteiger partial charge on any atom is -0.410 e. The molecule has 1 aromatic carbocycles. The summed E-state index contributed by atoms with van der Waals surface area (Å²) >= 11 is 0. The van der Waals surface area contributed by atoms with Crippen LogP contribution in [0.3, 0.4) is 0 Å². The first-order valence-electron chi connectivity index (χ1n) is 3.74. The summed E-state index contributed by atoms with van der Waals surface area (Å²) in [5.74, 6) is -0.0527. The number of carbonyl (C=O) groups is 1. The highest BCUT2D eigenvalue weighted by Gasteiger charge is 2.06. The van der Waals surface area contributed by atoms with E-state index in [2.05, 4.69) is 10.3 Å². The normalized spacial score (nSPS) is 10.5. The van der Waals surface area contributed by atoms with Crippen molar-refractivity contribution in [3.8, 4) is 0 Å². The topological polar surface area (TPSA) is 68.0 Å². The third kappa shape index (κ3) is 1.14. The zero-order valence-corrected chi connectivity index (χ0v) is 6.93. The summed E-state index contributed by atoms with van der Waals surface area (Å²) in [4.78, 5) is 11.6. The Bertz CT molecular complexity index is 475. The first-order chi connectivity index (χ1) is 6.18. The minimum atomic E-state index is -0.0527. The molecule has 2 aromatic rings. The van der Waals surface area contributed by atoms with Crippen LogP contribution in [0.5, 0.6) is 0 Å². The third-order valence-corrected chi connectivity index (χ3v) is 1.83. The highest BCUT2D eigenvalue weighted by molar-refractivity contribution is 5.97. The number of benzene rings is 1. The Morgan fingerprint density at radius 1 is 1.54 bits per heavy atom. The Hall–Kier alpha value is -1.91. The van der Waals surface area contributed by atoms with Crippen LogP contribution in [0.25, 0.3) is 11.0 Å². The van der Waals surface area contributed by atoms with Crippen LogP contribution < -0.4 is 0 Å². The SMILES string of the molecule is CC(=O)c1ccc2nnn(O)c2c1. The van der Waals surface area contributed by atoms with Crippen LogP contribution in [0.2, 0.25) is 0 Å². The van der Waals surface area contributed by atoms with E-state index in [1.54, 1.807) is 18.2 Å². The fourth-order valence-electron chi connectivity index (χ4n) is 1.13. The van der Waals surface area contributed by atoms with Crippen molar-refractivity contribution < 1.29 is 10.0 Å². The molecule has 0 aliphatic rings. The van der Waals surface area contributed by atoms with Crippen LogP contribution in [-0.2, 0) is 0 Å². The summed E-state index contributed by atoms with van der Waals surface area (Å²) in [7, 11) is 0. The number of hydrogen-bond acceptors (Lipinski definition) is 4. The van der Waals surface area contributed by atoms with Gasteiger partial charge in [0.15, 0.2) is 5.78 Å². The number of nitrogens with zero attached hydrogens (tertiary/aromatic N) is 3. The molecular formula is C8H7N3O2.